The summed E-state index contributed by atoms with van der Waals surface area (Å²) in [5.41, 5.74) is 2.45. The molecule has 0 aliphatic carbocycles. The molecule has 0 radical (unpaired) electrons. The number of amides is 4. The zero-order chi connectivity index (χ0) is 19.7. The van der Waals surface area contributed by atoms with Gasteiger partial charge in [-0.1, -0.05) is 17.7 Å². The molecule has 138 valence electrons. The van der Waals surface area contributed by atoms with Crippen molar-refractivity contribution in [2.45, 2.75) is 13.8 Å². The minimum Gasteiger partial charge on any atom is -0.496 e. The lowest BCUT2D eigenvalue weighted by molar-refractivity contribution is -0.122. The Hall–Kier alpha value is -3.12. The lowest BCUT2D eigenvalue weighted by atomic mass is 10.0. The molecular formula is C20H17ClN2O4. The number of rotatable bonds is 3. The van der Waals surface area contributed by atoms with Crippen LogP contribution in [-0.4, -0.2) is 25.0 Å². The number of nitrogens with one attached hydrogen (secondary N) is 1. The predicted molar refractivity (Wildman–Crippen MR) is 103 cm³/mol. The van der Waals surface area contributed by atoms with E-state index in [2.05, 4.69) is 5.32 Å². The molecule has 1 aliphatic heterocycles. The van der Waals surface area contributed by atoms with E-state index in [1.807, 2.05) is 19.9 Å². The van der Waals surface area contributed by atoms with Crippen LogP contribution in [0, 0.1) is 13.8 Å². The molecule has 0 bridgehead atoms. The Morgan fingerprint density at radius 2 is 1.70 bits per heavy atom. The highest BCUT2D eigenvalue weighted by molar-refractivity contribution is 6.39. The Morgan fingerprint density at radius 1 is 1.04 bits per heavy atom. The number of methoxy groups -OCH3 is 1. The fourth-order valence-electron chi connectivity index (χ4n) is 2.95. The van der Waals surface area contributed by atoms with Crippen LogP contribution in [-0.2, 0) is 9.59 Å². The van der Waals surface area contributed by atoms with Crippen LogP contribution in [0.2, 0.25) is 5.02 Å². The highest BCUT2D eigenvalue weighted by Crippen LogP contribution is 2.28. The van der Waals surface area contributed by atoms with E-state index in [-0.39, 0.29) is 5.57 Å². The number of imide groups is 2. The summed E-state index contributed by atoms with van der Waals surface area (Å²) in [6, 6.07) is 9.39. The molecule has 1 N–H and O–H groups in total. The lowest BCUT2D eigenvalue weighted by Crippen LogP contribution is -2.54. The molecule has 2 aromatic carbocycles. The molecule has 1 aliphatic rings. The third kappa shape index (κ3) is 3.71. The van der Waals surface area contributed by atoms with Crippen molar-refractivity contribution in [2.75, 3.05) is 12.0 Å². The van der Waals surface area contributed by atoms with E-state index in [0.717, 1.165) is 16.0 Å². The zero-order valence-corrected chi connectivity index (χ0v) is 15.8. The smallest absolute Gasteiger partial charge is 0.335 e. The van der Waals surface area contributed by atoms with Crippen LogP contribution in [0.25, 0.3) is 6.08 Å². The van der Waals surface area contributed by atoms with Gasteiger partial charge < -0.3 is 4.74 Å². The Labute approximate surface area is 161 Å². The number of carbonyl (C=O) groups is 3. The van der Waals surface area contributed by atoms with E-state index in [1.54, 1.807) is 30.3 Å². The molecule has 0 unspecified atom stereocenters. The zero-order valence-electron chi connectivity index (χ0n) is 15.0. The summed E-state index contributed by atoms with van der Waals surface area (Å²) in [6.07, 6.45) is 1.37. The molecular weight excluding hydrogens is 368 g/mol. The SMILES string of the molecule is COc1ccc(Cl)cc1/C=C1\C(=O)NC(=O)N(c2cc(C)cc(C)c2)C1=O. The number of hydrogen-bond donors (Lipinski definition) is 1. The van der Waals surface area contributed by atoms with E-state index < -0.39 is 17.8 Å². The van der Waals surface area contributed by atoms with Crippen LogP contribution in [0.1, 0.15) is 16.7 Å². The molecule has 0 spiro atoms. The molecule has 0 saturated carbocycles. The van der Waals surface area contributed by atoms with Gasteiger partial charge in [0.05, 0.1) is 12.8 Å². The summed E-state index contributed by atoms with van der Waals surface area (Å²) in [4.78, 5) is 38.5. The van der Waals surface area contributed by atoms with Crippen molar-refractivity contribution in [3.05, 3.63) is 63.7 Å². The van der Waals surface area contributed by atoms with Gasteiger partial charge in [-0.2, -0.15) is 0 Å². The monoisotopic (exact) mass is 384 g/mol. The Kier molecular flexibility index (Phi) is 5.01. The molecule has 1 heterocycles. The Bertz CT molecular complexity index is 977. The summed E-state index contributed by atoms with van der Waals surface area (Å²) in [6.45, 7) is 3.73. The van der Waals surface area contributed by atoms with Crippen LogP contribution < -0.4 is 15.0 Å². The first-order valence-electron chi connectivity index (χ1n) is 8.13. The van der Waals surface area contributed by atoms with Gasteiger partial charge in [-0.15, -0.1) is 0 Å². The first-order chi connectivity index (χ1) is 12.8. The Balaban J connectivity index is 2.09. The van der Waals surface area contributed by atoms with E-state index >= 15 is 0 Å². The van der Waals surface area contributed by atoms with Gasteiger partial charge in [-0.05, 0) is 61.4 Å². The fraction of sp³-hybridized carbons (Fsp3) is 0.150. The maximum atomic E-state index is 13.0. The van der Waals surface area contributed by atoms with Gasteiger partial charge in [0.1, 0.15) is 11.3 Å². The number of halogens is 1. The first-order valence-corrected chi connectivity index (χ1v) is 8.51. The standard InChI is InChI=1S/C20H17ClN2O4/c1-11-6-12(2)8-15(7-11)23-19(25)16(18(24)22-20(23)26)10-13-9-14(21)4-5-17(13)27-3/h4-10H,1-3H3,(H,22,24,26)/b16-10+. The van der Waals surface area contributed by atoms with Crippen molar-refractivity contribution in [3.63, 3.8) is 0 Å². The van der Waals surface area contributed by atoms with E-state index in [1.165, 1.54) is 13.2 Å². The highest BCUT2D eigenvalue weighted by Gasteiger charge is 2.37. The number of hydrogen-bond acceptors (Lipinski definition) is 4. The third-order valence-electron chi connectivity index (χ3n) is 4.06. The molecule has 1 fully saturated rings. The van der Waals surface area contributed by atoms with Gasteiger partial charge in [-0.25, -0.2) is 9.69 Å². The molecule has 7 heteroatoms. The number of benzene rings is 2. The van der Waals surface area contributed by atoms with E-state index in [4.69, 9.17) is 16.3 Å². The summed E-state index contributed by atoms with van der Waals surface area (Å²) in [5.74, 6) is -1.04. The fourth-order valence-corrected chi connectivity index (χ4v) is 3.13. The third-order valence-corrected chi connectivity index (χ3v) is 4.29. The quantitative estimate of drug-likeness (QED) is 0.647. The van der Waals surface area contributed by atoms with E-state index in [0.29, 0.717) is 22.0 Å². The highest BCUT2D eigenvalue weighted by atomic mass is 35.5. The average Bonchev–Trinajstić information content (AvgIpc) is 2.57. The largest absolute Gasteiger partial charge is 0.496 e. The van der Waals surface area contributed by atoms with Crippen LogP contribution in [0.4, 0.5) is 10.5 Å². The van der Waals surface area contributed by atoms with Gasteiger partial charge in [0, 0.05) is 10.6 Å². The van der Waals surface area contributed by atoms with Gasteiger partial charge >= 0.3 is 6.03 Å². The average molecular weight is 385 g/mol. The minimum atomic E-state index is -0.787. The van der Waals surface area contributed by atoms with Gasteiger partial charge in [-0.3, -0.25) is 14.9 Å². The number of urea groups is 1. The first kappa shape index (κ1) is 18.7. The second-order valence-electron chi connectivity index (χ2n) is 6.19. The normalized spacial score (nSPS) is 15.9. The maximum Gasteiger partial charge on any atom is 0.335 e. The summed E-state index contributed by atoms with van der Waals surface area (Å²) in [7, 11) is 1.47. The molecule has 2 aromatic rings. The maximum absolute atomic E-state index is 13.0. The van der Waals surface area contributed by atoms with E-state index in [9.17, 15) is 14.4 Å². The van der Waals surface area contributed by atoms with Gasteiger partial charge in [0.15, 0.2) is 0 Å². The number of barbiturate groups is 1. The minimum absolute atomic E-state index is 0.186. The van der Waals surface area contributed by atoms with Gasteiger partial charge in [0.2, 0.25) is 0 Å². The number of carbonyl (C=O) groups excluding carboxylic acids is 3. The number of aryl methyl sites for hydroxylation is 2. The second kappa shape index (κ2) is 7.25. The Morgan fingerprint density at radius 3 is 2.33 bits per heavy atom. The molecule has 0 aromatic heterocycles. The molecule has 6 nitrogen and oxygen atoms in total. The predicted octanol–water partition coefficient (Wildman–Crippen LogP) is 3.63. The number of nitrogens with zero attached hydrogens (tertiary/aromatic N) is 1. The molecule has 1 saturated heterocycles. The molecule has 0 atom stereocenters. The van der Waals surface area contributed by atoms with Crippen LogP contribution in [0.3, 0.4) is 0 Å². The van der Waals surface area contributed by atoms with Crippen LogP contribution in [0.5, 0.6) is 5.75 Å². The molecule has 4 amide bonds. The second-order valence-corrected chi connectivity index (χ2v) is 6.63. The van der Waals surface area contributed by atoms with Crippen molar-refractivity contribution in [1.29, 1.82) is 0 Å². The van der Waals surface area contributed by atoms with Crippen molar-refractivity contribution < 1.29 is 19.1 Å². The van der Waals surface area contributed by atoms with Crippen LogP contribution >= 0.6 is 11.6 Å². The number of anilines is 1. The molecule has 3 rings (SSSR count). The summed E-state index contributed by atoms with van der Waals surface area (Å²) >= 11 is 6.01. The van der Waals surface area contributed by atoms with Crippen molar-refractivity contribution in [3.8, 4) is 5.75 Å². The van der Waals surface area contributed by atoms with Gasteiger partial charge in [0.25, 0.3) is 11.8 Å². The molecule has 27 heavy (non-hydrogen) atoms. The summed E-state index contributed by atoms with van der Waals surface area (Å²) < 4.78 is 5.25. The van der Waals surface area contributed by atoms with Crippen molar-refractivity contribution in [1.82, 2.24) is 5.32 Å². The van der Waals surface area contributed by atoms with Crippen molar-refractivity contribution in [2.24, 2.45) is 0 Å². The summed E-state index contributed by atoms with van der Waals surface area (Å²) in [5, 5.41) is 2.63. The number of ether oxygens (including phenoxy) is 1. The van der Waals surface area contributed by atoms with Crippen LogP contribution in [0.15, 0.2) is 42.0 Å². The van der Waals surface area contributed by atoms with Crippen molar-refractivity contribution >= 4 is 41.2 Å². The topological polar surface area (TPSA) is 75.7 Å². The lowest BCUT2D eigenvalue weighted by Gasteiger charge is -2.27.